The fourth-order valence-corrected chi connectivity index (χ4v) is 3.78. The van der Waals surface area contributed by atoms with E-state index in [-0.39, 0.29) is 24.2 Å². The minimum Gasteiger partial charge on any atom is -0.382 e. The number of halogens is 1. The summed E-state index contributed by atoms with van der Waals surface area (Å²) in [6.45, 7) is 1.95. The lowest BCUT2D eigenvalue weighted by atomic mass is 9.98. The molecule has 1 aromatic heterocycles. The van der Waals surface area contributed by atoms with E-state index in [0.717, 1.165) is 18.7 Å². The molecule has 1 aliphatic heterocycles. The first-order chi connectivity index (χ1) is 12.7. The number of hydrogen-bond donors (Lipinski definition) is 0. The molecule has 0 bridgehead atoms. The third-order valence-corrected chi connectivity index (χ3v) is 5.35. The number of methoxy groups -OCH3 is 1. The van der Waals surface area contributed by atoms with Crippen LogP contribution in [0.15, 0.2) is 30.5 Å². The van der Waals surface area contributed by atoms with Gasteiger partial charge < -0.3 is 9.64 Å². The molecule has 2 heterocycles. The Balaban J connectivity index is 1.58. The molecule has 0 N–H and O–H groups in total. The summed E-state index contributed by atoms with van der Waals surface area (Å²) in [6.07, 6.45) is 5.28. The molecule has 26 heavy (non-hydrogen) atoms. The molecule has 1 amide bonds. The average Bonchev–Trinajstić information content (AvgIpc) is 3.36. The predicted molar refractivity (Wildman–Crippen MR) is 95.1 cm³/mol. The van der Waals surface area contributed by atoms with Crippen molar-refractivity contribution in [1.82, 2.24) is 14.7 Å². The molecule has 1 saturated carbocycles. The zero-order valence-electron chi connectivity index (χ0n) is 15.0. The standard InChI is InChI=1S/C20H24FN3O2/c1-26-13-18-20-16(11-22-24(20)12-14-6-7-14)8-9-23(18)19(25)10-15-4-2-3-5-17(15)21/h2-5,11,14,18H,6-10,12-13H2,1H3. The second-order valence-electron chi connectivity index (χ2n) is 7.26. The Hall–Kier alpha value is -2.21. The molecule has 138 valence electrons. The van der Waals surface area contributed by atoms with Crippen LogP contribution >= 0.6 is 0 Å². The molecular formula is C20H24FN3O2. The van der Waals surface area contributed by atoms with E-state index in [4.69, 9.17) is 4.74 Å². The van der Waals surface area contributed by atoms with E-state index in [1.54, 1.807) is 25.3 Å². The number of carbonyl (C=O) groups is 1. The molecule has 0 saturated heterocycles. The molecule has 2 aromatic rings. The number of fused-ring (bicyclic) bond motifs is 1. The third-order valence-electron chi connectivity index (χ3n) is 5.35. The lowest BCUT2D eigenvalue weighted by molar-refractivity contribution is -0.134. The van der Waals surface area contributed by atoms with Gasteiger partial charge in [-0.05, 0) is 42.4 Å². The summed E-state index contributed by atoms with van der Waals surface area (Å²) in [7, 11) is 1.65. The molecule has 1 atom stereocenters. The summed E-state index contributed by atoms with van der Waals surface area (Å²) in [5, 5.41) is 4.57. The van der Waals surface area contributed by atoms with E-state index in [9.17, 15) is 9.18 Å². The second-order valence-corrected chi connectivity index (χ2v) is 7.26. The van der Waals surface area contributed by atoms with Gasteiger partial charge in [0.1, 0.15) is 5.82 Å². The maximum Gasteiger partial charge on any atom is 0.227 e. The smallest absolute Gasteiger partial charge is 0.227 e. The van der Waals surface area contributed by atoms with E-state index in [1.165, 1.54) is 24.5 Å². The van der Waals surface area contributed by atoms with Gasteiger partial charge in [0.25, 0.3) is 0 Å². The number of rotatable bonds is 6. The summed E-state index contributed by atoms with van der Waals surface area (Å²) in [5.74, 6) is 0.300. The second kappa shape index (κ2) is 7.19. The number of hydrogen-bond acceptors (Lipinski definition) is 3. The van der Waals surface area contributed by atoms with Crippen LogP contribution in [0.2, 0.25) is 0 Å². The average molecular weight is 357 g/mol. The number of amides is 1. The highest BCUT2D eigenvalue weighted by atomic mass is 19.1. The van der Waals surface area contributed by atoms with Crippen LogP contribution in [0, 0.1) is 11.7 Å². The first kappa shape index (κ1) is 17.2. The largest absolute Gasteiger partial charge is 0.382 e. The van der Waals surface area contributed by atoms with E-state index in [0.29, 0.717) is 24.6 Å². The van der Waals surface area contributed by atoms with Gasteiger partial charge in [-0.15, -0.1) is 0 Å². The summed E-state index contributed by atoms with van der Waals surface area (Å²) in [6, 6.07) is 6.31. The lowest BCUT2D eigenvalue weighted by Crippen LogP contribution is -2.43. The van der Waals surface area contributed by atoms with Crippen LogP contribution in [0.4, 0.5) is 4.39 Å². The van der Waals surface area contributed by atoms with Gasteiger partial charge in [0.05, 0.1) is 31.0 Å². The quantitative estimate of drug-likeness (QED) is 0.799. The van der Waals surface area contributed by atoms with Crippen LogP contribution in [0.3, 0.4) is 0 Å². The van der Waals surface area contributed by atoms with Gasteiger partial charge in [-0.2, -0.15) is 5.10 Å². The molecule has 0 spiro atoms. The van der Waals surface area contributed by atoms with E-state index in [2.05, 4.69) is 9.78 Å². The van der Waals surface area contributed by atoms with Gasteiger partial charge in [0.2, 0.25) is 5.91 Å². The Morgan fingerprint density at radius 3 is 2.88 bits per heavy atom. The Kier molecular flexibility index (Phi) is 4.76. The van der Waals surface area contributed by atoms with Gasteiger partial charge >= 0.3 is 0 Å². The summed E-state index contributed by atoms with van der Waals surface area (Å²) >= 11 is 0. The van der Waals surface area contributed by atoms with Crippen molar-refractivity contribution in [3.05, 3.63) is 53.1 Å². The van der Waals surface area contributed by atoms with E-state index in [1.807, 2.05) is 11.1 Å². The lowest BCUT2D eigenvalue weighted by Gasteiger charge is -2.36. The molecule has 1 fully saturated rings. The Labute approximate surface area is 152 Å². The van der Waals surface area contributed by atoms with Crippen molar-refractivity contribution in [2.45, 2.75) is 38.3 Å². The van der Waals surface area contributed by atoms with Gasteiger partial charge in [0.15, 0.2) is 0 Å². The zero-order valence-corrected chi connectivity index (χ0v) is 15.0. The number of nitrogens with zero attached hydrogens (tertiary/aromatic N) is 3. The summed E-state index contributed by atoms with van der Waals surface area (Å²) < 4.78 is 21.4. The highest BCUT2D eigenvalue weighted by Gasteiger charge is 2.35. The molecule has 2 aliphatic rings. The van der Waals surface area contributed by atoms with Crippen molar-refractivity contribution in [2.24, 2.45) is 5.92 Å². The van der Waals surface area contributed by atoms with Crippen LogP contribution in [-0.2, 0) is 28.9 Å². The van der Waals surface area contributed by atoms with Crippen LogP contribution < -0.4 is 0 Å². The number of aromatic nitrogens is 2. The van der Waals surface area contributed by atoms with Crippen molar-refractivity contribution in [2.75, 3.05) is 20.3 Å². The number of ether oxygens (including phenoxy) is 1. The minimum absolute atomic E-state index is 0.0676. The maximum atomic E-state index is 14.0. The SMILES string of the molecule is COCC1c2c(cnn2CC2CC2)CCN1C(=O)Cc1ccccc1F. The highest BCUT2D eigenvalue weighted by Crippen LogP contribution is 2.35. The minimum atomic E-state index is -0.333. The van der Waals surface area contributed by atoms with Crippen molar-refractivity contribution >= 4 is 5.91 Å². The van der Waals surface area contributed by atoms with Crippen molar-refractivity contribution in [3.63, 3.8) is 0 Å². The fourth-order valence-electron chi connectivity index (χ4n) is 3.78. The molecule has 4 rings (SSSR count). The van der Waals surface area contributed by atoms with Crippen LogP contribution in [0.1, 0.15) is 35.7 Å². The van der Waals surface area contributed by atoms with Crippen molar-refractivity contribution < 1.29 is 13.9 Å². The molecule has 1 aliphatic carbocycles. The van der Waals surface area contributed by atoms with Crippen LogP contribution in [0.25, 0.3) is 0 Å². The van der Waals surface area contributed by atoms with Gasteiger partial charge in [-0.25, -0.2) is 4.39 Å². The number of benzene rings is 1. The van der Waals surface area contributed by atoms with Gasteiger partial charge in [-0.1, -0.05) is 18.2 Å². The van der Waals surface area contributed by atoms with Crippen molar-refractivity contribution in [1.29, 1.82) is 0 Å². The number of carbonyl (C=O) groups excluding carboxylic acids is 1. The zero-order chi connectivity index (χ0) is 18.1. The Bertz CT molecular complexity index is 800. The van der Waals surface area contributed by atoms with E-state index < -0.39 is 0 Å². The van der Waals surface area contributed by atoms with Crippen LogP contribution in [0.5, 0.6) is 0 Å². The van der Waals surface area contributed by atoms with Gasteiger partial charge in [0, 0.05) is 20.2 Å². The molecule has 1 aromatic carbocycles. The topological polar surface area (TPSA) is 47.4 Å². The van der Waals surface area contributed by atoms with Crippen LogP contribution in [-0.4, -0.2) is 40.8 Å². The van der Waals surface area contributed by atoms with E-state index >= 15 is 0 Å². The normalized spacial score (nSPS) is 19.5. The summed E-state index contributed by atoms with van der Waals surface area (Å²) in [4.78, 5) is 14.8. The fraction of sp³-hybridized carbons (Fsp3) is 0.500. The molecule has 0 radical (unpaired) electrons. The molecular weight excluding hydrogens is 333 g/mol. The Morgan fingerprint density at radius 2 is 2.15 bits per heavy atom. The molecule has 1 unspecified atom stereocenters. The summed E-state index contributed by atoms with van der Waals surface area (Å²) in [5.41, 5.74) is 2.72. The third kappa shape index (κ3) is 3.38. The highest BCUT2D eigenvalue weighted by molar-refractivity contribution is 5.79. The first-order valence-corrected chi connectivity index (χ1v) is 9.23. The van der Waals surface area contributed by atoms with Crippen molar-refractivity contribution in [3.8, 4) is 0 Å². The Morgan fingerprint density at radius 1 is 1.35 bits per heavy atom. The first-order valence-electron chi connectivity index (χ1n) is 9.23. The maximum absolute atomic E-state index is 14.0. The molecule has 6 heteroatoms. The predicted octanol–water partition coefficient (Wildman–Crippen LogP) is 2.75. The monoisotopic (exact) mass is 357 g/mol. The van der Waals surface area contributed by atoms with Gasteiger partial charge in [-0.3, -0.25) is 9.48 Å². The molecule has 5 nitrogen and oxygen atoms in total.